The van der Waals surface area contributed by atoms with E-state index in [1.54, 1.807) is 43.3 Å². The first-order valence-corrected chi connectivity index (χ1v) is 8.67. The second-order valence-electron chi connectivity index (χ2n) is 6.49. The number of aromatic amines is 1. The van der Waals surface area contributed by atoms with E-state index in [-0.39, 0.29) is 29.3 Å². The maximum absolute atomic E-state index is 11.5. The van der Waals surface area contributed by atoms with E-state index in [0.29, 0.717) is 17.7 Å². The van der Waals surface area contributed by atoms with E-state index in [9.17, 15) is 14.7 Å². The van der Waals surface area contributed by atoms with Crippen molar-refractivity contribution in [2.45, 2.75) is 26.9 Å². The van der Waals surface area contributed by atoms with Gasteiger partial charge in [0, 0.05) is 12.0 Å². The Morgan fingerprint density at radius 2 is 1.86 bits per heavy atom. The van der Waals surface area contributed by atoms with Gasteiger partial charge in [-0.2, -0.15) is 5.10 Å². The van der Waals surface area contributed by atoms with Gasteiger partial charge in [-0.05, 0) is 49.7 Å². The molecule has 7 heteroatoms. The number of H-pyrrole nitrogens is 1. The molecule has 1 aromatic heterocycles. The third kappa shape index (κ3) is 4.20. The molecule has 144 valence electrons. The number of carbonyl (C=O) groups excluding carboxylic acids is 1. The first-order valence-electron chi connectivity index (χ1n) is 8.67. The number of aromatic nitrogens is 2. The third-order valence-corrected chi connectivity index (χ3v) is 4.41. The van der Waals surface area contributed by atoms with Crippen LogP contribution in [0.1, 0.15) is 50.2 Å². The number of carbonyl (C=O) groups is 2. The Kier molecular flexibility index (Phi) is 5.44. The lowest BCUT2D eigenvalue weighted by atomic mass is 10.1. The fraction of sp³-hybridized carbons (Fsp3) is 0.190. The molecule has 1 heterocycles. The zero-order valence-corrected chi connectivity index (χ0v) is 15.5. The molecule has 3 rings (SSSR count). The summed E-state index contributed by atoms with van der Waals surface area (Å²) in [5, 5.41) is 26.2. The van der Waals surface area contributed by atoms with Gasteiger partial charge in [0.2, 0.25) is 0 Å². The molecular weight excluding hydrogens is 360 g/mol. The van der Waals surface area contributed by atoms with E-state index >= 15 is 0 Å². The maximum atomic E-state index is 11.5. The molecule has 0 aliphatic carbocycles. The highest BCUT2D eigenvalue weighted by Crippen LogP contribution is 2.31. The number of hydrogen-bond donors (Lipinski definition) is 3. The highest BCUT2D eigenvalue weighted by Gasteiger charge is 2.13. The van der Waals surface area contributed by atoms with Crippen molar-refractivity contribution in [2.75, 3.05) is 0 Å². The Morgan fingerprint density at radius 3 is 2.50 bits per heavy atom. The number of carboxylic acid groups (broad SMARTS) is 1. The Bertz CT molecular complexity index is 1020. The first-order chi connectivity index (χ1) is 13.3. The maximum Gasteiger partial charge on any atom is 0.335 e. The van der Waals surface area contributed by atoms with Crippen molar-refractivity contribution < 1.29 is 24.5 Å². The van der Waals surface area contributed by atoms with Crippen LogP contribution in [0.2, 0.25) is 0 Å². The van der Waals surface area contributed by atoms with Gasteiger partial charge in [0.25, 0.3) is 0 Å². The van der Waals surface area contributed by atoms with Crippen molar-refractivity contribution in [3.8, 4) is 11.5 Å². The van der Waals surface area contributed by atoms with Gasteiger partial charge < -0.3 is 14.9 Å². The van der Waals surface area contributed by atoms with Gasteiger partial charge in [-0.3, -0.25) is 9.89 Å². The van der Waals surface area contributed by atoms with Gasteiger partial charge in [-0.25, -0.2) is 4.79 Å². The predicted octanol–water partition coefficient (Wildman–Crippen LogP) is 3.49. The van der Waals surface area contributed by atoms with E-state index < -0.39 is 5.97 Å². The minimum atomic E-state index is -0.955. The van der Waals surface area contributed by atoms with Crippen LogP contribution in [-0.4, -0.2) is 32.2 Å². The summed E-state index contributed by atoms with van der Waals surface area (Å²) < 4.78 is 5.74. The molecule has 0 aliphatic heterocycles. The third-order valence-electron chi connectivity index (χ3n) is 4.41. The smallest absolute Gasteiger partial charge is 0.335 e. The van der Waals surface area contributed by atoms with Crippen molar-refractivity contribution in [1.29, 1.82) is 0 Å². The quantitative estimate of drug-likeness (QED) is 0.541. The van der Waals surface area contributed by atoms with Gasteiger partial charge in [0.05, 0.1) is 22.5 Å². The number of aromatic hydroxyl groups is 1. The summed E-state index contributed by atoms with van der Waals surface area (Å²) in [6.45, 7) is 3.32. The standard InChI is InChI=1S/C21H20N2O5/c1-12-19(8-7-18(13(2)24)20(12)25)28-11-17-10-16(22-23-17)9-14-3-5-15(6-4-14)21(26)27/h3-8,10,25H,9,11H2,1-2H3,(H,22,23)(H,26,27). The first kappa shape index (κ1) is 19.2. The summed E-state index contributed by atoms with van der Waals surface area (Å²) >= 11 is 0. The van der Waals surface area contributed by atoms with Gasteiger partial charge in [0.15, 0.2) is 5.78 Å². The fourth-order valence-corrected chi connectivity index (χ4v) is 2.83. The van der Waals surface area contributed by atoms with E-state index in [0.717, 1.165) is 17.0 Å². The predicted molar refractivity (Wildman–Crippen MR) is 102 cm³/mol. The second-order valence-corrected chi connectivity index (χ2v) is 6.49. The van der Waals surface area contributed by atoms with Crippen molar-refractivity contribution in [1.82, 2.24) is 10.2 Å². The van der Waals surface area contributed by atoms with Crippen molar-refractivity contribution in [2.24, 2.45) is 0 Å². The molecule has 0 saturated heterocycles. The number of nitrogens with zero attached hydrogens (tertiary/aromatic N) is 1. The lowest BCUT2D eigenvalue weighted by Gasteiger charge is -2.11. The number of phenols is 1. The normalized spacial score (nSPS) is 10.6. The number of ether oxygens (including phenoxy) is 1. The van der Waals surface area contributed by atoms with E-state index in [2.05, 4.69) is 10.2 Å². The average Bonchev–Trinajstić information content (AvgIpc) is 3.10. The van der Waals surface area contributed by atoms with E-state index in [4.69, 9.17) is 9.84 Å². The lowest BCUT2D eigenvalue weighted by Crippen LogP contribution is -2.00. The SMILES string of the molecule is CC(=O)c1ccc(OCc2cc(Cc3ccc(C(=O)O)cc3)n[nH]2)c(C)c1O. The number of aromatic carboxylic acids is 1. The molecule has 0 saturated carbocycles. The molecule has 7 nitrogen and oxygen atoms in total. The summed E-state index contributed by atoms with van der Waals surface area (Å²) in [6, 6.07) is 11.7. The van der Waals surface area contributed by atoms with E-state index in [1.807, 2.05) is 6.07 Å². The van der Waals surface area contributed by atoms with E-state index in [1.165, 1.54) is 6.92 Å². The van der Waals surface area contributed by atoms with Crippen LogP contribution in [0.15, 0.2) is 42.5 Å². The van der Waals surface area contributed by atoms with Gasteiger partial charge in [-0.15, -0.1) is 0 Å². The molecule has 0 radical (unpaired) electrons. The minimum absolute atomic E-state index is 0.0693. The monoisotopic (exact) mass is 380 g/mol. The Labute approximate surface area is 161 Å². The van der Waals surface area contributed by atoms with Crippen LogP contribution >= 0.6 is 0 Å². The zero-order valence-electron chi connectivity index (χ0n) is 15.5. The zero-order chi connectivity index (χ0) is 20.3. The molecule has 0 fully saturated rings. The van der Waals surface area contributed by atoms with Crippen LogP contribution in [0.25, 0.3) is 0 Å². The van der Waals surface area contributed by atoms with Crippen molar-refractivity contribution >= 4 is 11.8 Å². The average molecular weight is 380 g/mol. The molecule has 0 spiro atoms. The number of rotatable bonds is 7. The minimum Gasteiger partial charge on any atom is -0.507 e. The summed E-state index contributed by atoms with van der Waals surface area (Å²) in [5.41, 5.74) is 3.52. The number of carboxylic acids is 1. The molecule has 3 N–H and O–H groups in total. The molecule has 0 atom stereocenters. The molecule has 0 unspecified atom stereocenters. The summed E-state index contributed by atoms with van der Waals surface area (Å²) in [7, 11) is 0. The fourth-order valence-electron chi connectivity index (χ4n) is 2.83. The second kappa shape index (κ2) is 7.96. The topological polar surface area (TPSA) is 113 Å². The Morgan fingerprint density at radius 1 is 1.14 bits per heavy atom. The molecular formula is C21H20N2O5. The molecule has 2 aromatic carbocycles. The number of Topliss-reactive ketones (excluding diaryl/α,β-unsaturated/α-hetero) is 1. The highest BCUT2D eigenvalue weighted by atomic mass is 16.5. The summed E-state index contributed by atoms with van der Waals surface area (Å²) in [4.78, 5) is 22.4. The number of phenolic OH excluding ortho intramolecular Hbond substituents is 1. The van der Waals surface area contributed by atoms with Crippen molar-refractivity contribution in [3.63, 3.8) is 0 Å². The van der Waals surface area contributed by atoms with Gasteiger partial charge in [0.1, 0.15) is 18.1 Å². The summed E-state index contributed by atoms with van der Waals surface area (Å²) in [5.74, 6) is -0.742. The van der Waals surface area contributed by atoms with Gasteiger partial charge in [-0.1, -0.05) is 12.1 Å². The number of ketones is 1. The molecule has 0 amide bonds. The molecule has 0 aliphatic rings. The number of nitrogens with one attached hydrogen (secondary N) is 1. The largest absolute Gasteiger partial charge is 0.507 e. The summed E-state index contributed by atoms with van der Waals surface area (Å²) in [6.07, 6.45) is 0.559. The van der Waals surface area contributed by atoms with Crippen LogP contribution in [0.5, 0.6) is 11.5 Å². The number of hydrogen-bond acceptors (Lipinski definition) is 5. The van der Waals surface area contributed by atoms with Crippen LogP contribution < -0.4 is 4.74 Å². The van der Waals surface area contributed by atoms with Crippen LogP contribution in [-0.2, 0) is 13.0 Å². The molecule has 28 heavy (non-hydrogen) atoms. The number of benzene rings is 2. The van der Waals surface area contributed by atoms with Crippen LogP contribution in [0, 0.1) is 6.92 Å². The van der Waals surface area contributed by atoms with Gasteiger partial charge >= 0.3 is 5.97 Å². The van der Waals surface area contributed by atoms with Crippen LogP contribution in [0.4, 0.5) is 0 Å². The molecule has 3 aromatic rings. The van der Waals surface area contributed by atoms with Crippen molar-refractivity contribution in [3.05, 3.63) is 76.1 Å². The highest BCUT2D eigenvalue weighted by molar-refractivity contribution is 5.97. The Balaban J connectivity index is 1.64. The Hall–Kier alpha value is -3.61. The molecule has 0 bridgehead atoms. The lowest BCUT2D eigenvalue weighted by molar-refractivity contribution is 0.0696. The van der Waals surface area contributed by atoms with Crippen LogP contribution in [0.3, 0.4) is 0 Å².